The van der Waals surface area contributed by atoms with Crippen molar-refractivity contribution in [3.63, 3.8) is 0 Å². The molecule has 88 valence electrons. The van der Waals surface area contributed by atoms with E-state index in [4.69, 9.17) is 10.5 Å². The van der Waals surface area contributed by atoms with Crippen LogP contribution in [0.2, 0.25) is 0 Å². The highest BCUT2D eigenvalue weighted by atomic mass is 16.6. The van der Waals surface area contributed by atoms with E-state index in [1.54, 1.807) is 4.90 Å². The van der Waals surface area contributed by atoms with Crippen molar-refractivity contribution in [3.8, 4) is 0 Å². The number of likely N-dealkylation sites (tertiary alicyclic amines) is 1. The van der Waals surface area contributed by atoms with Crippen molar-refractivity contribution < 1.29 is 9.53 Å². The van der Waals surface area contributed by atoms with Crippen molar-refractivity contribution in [1.82, 2.24) is 4.90 Å². The molecule has 0 saturated carbocycles. The van der Waals surface area contributed by atoms with Crippen molar-refractivity contribution in [3.05, 3.63) is 0 Å². The van der Waals surface area contributed by atoms with Gasteiger partial charge in [-0.2, -0.15) is 0 Å². The van der Waals surface area contributed by atoms with Gasteiger partial charge in [-0.15, -0.1) is 0 Å². The number of nitrogens with zero attached hydrogens (tertiary/aromatic N) is 1. The molecule has 1 fully saturated rings. The third-order valence-electron chi connectivity index (χ3n) is 2.55. The van der Waals surface area contributed by atoms with Gasteiger partial charge in [0.05, 0.1) is 0 Å². The first-order chi connectivity index (χ1) is 6.79. The van der Waals surface area contributed by atoms with E-state index in [0.717, 1.165) is 12.8 Å². The van der Waals surface area contributed by atoms with Crippen LogP contribution in [0.1, 0.15) is 40.5 Å². The number of hydrogen-bond donors (Lipinski definition) is 1. The Morgan fingerprint density at radius 1 is 1.40 bits per heavy atom. The van der Waals surface area contributed by atoms with E-state index >= 15 is 0 Å². The van der Waals surface area contributed by atoms with E-state index in [-0.39, 0.29) is 18.2 Å². The van der Waals surface area contributed by atoms with Gasteiger partial charge in [0.15, 0.2) is 0 Å². The number of rotatable bonds is 0. The van der Waals surface area contributed by atoms with Crippen molar-refractivity contribution >= 4 is 6.09 Å². The first-order valence-corrected chi connectivity index (χ1v) is 5.55. The summed E-state index contributed by atoms with van der Waals surface area (Å²) in [7, 11) is 0. The molecule has 2 N–H and O–H groups in total. The zero-order valence-corrected chi connectivity index (χ0v) is 10.1. The Hall–Kier alpha value is -0.770. The maximum absolute atomic E-state index is 11.8. The lowest BCUT2D eigenvalue weighted by atomic mass is 10.0. The lowest BCUT2D eigenvalue weighted by Gasteiger charge is -2.37. The van der Waals surface area contributed by atoms with Gasteiger partial charge in [0.1, 0.15) is 5.60 Å². The largest absolute Gasteiger partial charge is 0.444 e. The smallest absolute Gasteiger partial charge is 0.410 e. The number of amides is 1. The van der Waals surface area contributed by atoms with Crippen LogP contribution in [-0.2, 0) is 4.74 Å². The quantitative estimate of drug-likeness (QED) is 0.668. The van der Waals surface area contributed by atoms with E-state index in [1.807, 2.05) is 27.7 Å². The van der Waals surface area contributed by atoms with Crippen LogP contribution in [0.5, 0.6) is 0 Å². The standard InChI is InChI=1S/C11H22N2O2/c1-8-5-6-9(12)7-13(8)10(14)15-11(2,3)4/h8-9H,5-7,12H2,1-4H3/t8-,9+/m0/s1. The Balaban J connectivity index is 2.57. The van der Waals surface area contributed by atoms with Gasteiger partial charge in [0, 0.05) is 18.6 Å². The van der Waals surface area contributed by atoms with E-state index < -0.39 is 5.60 Å². The average molecular weight is 214 g/mol. The molecule has 1 aliphatic heterocycles. The van der Waals surface area contributed by atoms with Gasteiger partial charge in [0.2, 0.25) is 0 Å². The Labute approximate surface area is 91.8 Å². The van der Waals surface area contributed by atoms with E-state index in [1.165, 1.54) is 0 Å². The minimum Gasteiger partial charge on any atom is -0.444 e. The molecule has 1 saturated heterocycles. The molecule has 0 aromatic heterocycles. The molecule has 0 unspecified atom stereocenters. The summed E-state index contributed by atoms with van der Waals surface area (Å²) in [5.41, 5.74) is 5.41. The lowest BCUT2D eigenvalue weighted by molar-refractivity contribution is 0.00998. The molecule has 0 aliphatic carbocycles. The second-order valence-corrected chi connectivity index (χ2v) is 5.32. The fourth-order valence-electron chi connectivity index (χ4n) is 1.71. The van der Waals surface area contributed by atoms with Gasteiger partial charge >= 0.3 is 6.09 Å². The van der Waals surface area contributed by atoms with Crippen LogP contribution in [0.15, 0.2) is 0 Å². The fraction of sp³-hybridized carbons (Fsp3) is 0.909. The zero-order valence-electron chi connectivity index (χ0n) is 10.1. The van der Waals surface area contributed by atoms with Crippen molar-refractivity contribution in [2.24, 2.45) is 5.73 Å². The maximum atomic E-state index is 11.8. The Kier molecular flexibility index (Phi) is 3.60. The van der Waals surface area contributed by atoms with Gasteiger partial charge < -0.3 is 15.4 Å². The number of carbonyl (C=O) groups excluding carboxylic acids is 1. The Morgan fingerprint density at radius 2 is 2.00 bits per heavy atom. The second kappa shape index (κ2) is 4.39. The topological polar surface area (TPSA) is 55.6 Å². The zero-order chi connectivity index (χ0) is 11.6. The van der Waals surface area contributed by atoms with Gasteiger partial charge in [-0.25, -0.2) is 4.79 Å². The van der Waals surface area contributed by atoms with Crippen LogP contribution in [0.4, 0.5) is 4.79 Å². The molecule has 0 radical (unpaired) electrons. The highest BCUT2D eigenvalue weighted by Gasteiger charge is 2.30. The first-order valence-electron chi connectivity index (χ1n) is 5.55. The van der Waals surface area contributed by atoms with Crippen molar-refractivity contribution in [1.29, 1.82) is 0 Å². The molecule has 0 spiro atoms. The number of hydrogen-bond acceptors (Lipinski definition) is 3. The number of ether oxygens (including phenoxy) is 1. The van der Waals surface area contributed by atoms with Crippen molar-refractivity contribution in [2.45, 2.75) is 58.2 Å². The summed E-state index contributed by atoms with van der Waals surface area (Å²) in [4.78, 5) is 13.6. The highest BCUT2D eigenvalue weighted by molar-refractivity contribution is 5.68. The van der Waals surface area contributed by atoms with E-state index in [9.17, 15) is 4.79 Å². The minimum atomic E-state index is -0.432. The SMILES string of the molecule is C[C@H]1CC[C@@H](N)CN1C(=O)OC(C)(C)C. The summed E-state index contributed by atoms with van der Waals surface area (Å²) >= 11 is 0. The summed E-state index contributed by atoms with van der Waals surface area (Å²) < 4.78 is 5.33. The van der Waals surface area contributed by atoms with Crippen LogP contribution in [0.25, 0.3) is 0 Å². The third-order valence-corrected chi connectivity index (χ3v) is 2.55. The van der Waals surface area contributed by atoms with E-state index in [2.05, 4.69) is 0 Å². The molecule has 4 nitrogen and oxygen atoms in total. The van der Waals surface area contributed by atoms with Crippen LogP contribution < -0.4 is 5.73 Å². The third kappa shape index (κ3) is 3.70. The monoisotopic (exact) mass is 214 g/mol. The van der Waals surface area contributed by atoms with Crippen molar-refractivity contribution in [2.75, 3.05) is 6.54 Å². The minimum absolute atomic E-state index is 0.0914. The number of nitrogens with two attached hydrogens (primary N) is 1. The van der Waals surface area contributed by atoms with Gasteiger partial charge in [0.25, 0.3) is 0 Å². The lowest BCUT2D eigenvalue weighted by Crippen LogP contribution is -2.51. The molecule has 1 heterocycles. The summed E-state index contributed by atoms with van der Waals surface area (Å²) in [6.07, 6.45) is 1.70. The molecule has 2 atom stereocenters. The summed E-state index contributed by atoms with van der Waals surface area (Å²) in [6, 6.07) is 0.327. The van der Waals surface area contributed by atoms with Crippen LogP contribution >= 0.6 is 0 Å². The molecular weight excluding hydrogens is 192 g/mol. The highest BCUT2D eigenvalue weighted by Crippen LogP contribution is 2.19. The first kappa shape index (κ1) is 12.3. The molecular formula is C11H22N2O2. The normalized spacial score (nSPS) is 27.7. The maximum Gasteiger partial charge on any atom is 0.410 e. The Morgan fingerprint density at radius 3 is 2.53 bits per heavy atom. The van der Waals surface area contributed by atoms with Gasteiger partial charge in [-0.05, 0) is 40.5 Å². The number of carbonyl (C=O) groups is 1. The molecule has 15 heavy (non-hydrogen) atoms. The fourth-order valence-corrected chi connectivity index (χ4v) is 1.71. The average Bonchev–Trinajstić information content (AvgIpc) is 2.06. The second-order valence-electron chi connectivity index (χ2n) is 5.32. The van der Waals surface area contributed by atoms with E-state index in [0.29, 0.717) is 6.54 Å². The molecule has 4 heteroatoms. The molecule has 1 aliphatic rings. The predicted octanol–water partition coefficient (Wildman–Crippen LogP) is 1.73. The Bertz CT molecular complexity index is 235. The van der Waals surface area contributed by atoms with Crippen LogP contribution in [-0.4, -0.2) is 35.2 Å². The molecule has 1 amide bonds. The van der Waals surface area contributed by atoms with Gasteiger partial charge in [-0.3, -0.25) is 0 Å². The molecule has 0 bridgehead atoms. The molecule has 0 aromatic carbocycles. The molecule has 1 rings (SSSR count). The number of piperidine rings is 1. The molecule has 0 aromatic rings. The van der Waals surface area contributed by atoms with Crippen LogP contribution in [0, 0.1) is 0 Å². The van der Waals surface area contributed by atoms with Crippen LogP contribution in [0.3, 0.4) is 0 Å². The summed E-state index contributed by atoms with van der Waals surface area (Å²) in [5, 5.41) is 0. The summed E-state index contributed by atoms with van der Waals surface area (Å²) in [6.45, 7) is 8.27. The summed E-state index contributed by atoms with van der Waals surface area (Å²) in [5.74, 6) is 0. The van der Waals surface area contributed by atoms with Gasteiger partial charge in [-0.1, -0.05) is 0 Å². The predicted molar refractivity (Wildman–Crippen MR) is 59.6 cm³/mol.